The van der Waals surface area contributed by atoms with E-state index in [-0.39, 0.29) is 12.1 Å². The Morgan fingerprint density at radius 1 is 0.914 bits per heavy atom. The first kappa shape index (κ1) is 21.8. The lowest BCUT2D eigenvalue weighted by atomic mass is 10.1. The van der Waals surface area contributed by atoms with Gasteiger partial charge in [-0.15, -0.1) is 0 Å². The number of carbonyl (C=O) groups excluding carboxylic acids is 1. The van der Waals surface area contributed by atoms with Gasteiger partial charge in [0.25, 0.3) is 0 Å². The number of morpholine rings is 1. The lowest BCUT2D eigenvalue weighted by molar-refractivity contribution is 0.0401. The molecule has 180 valence electrons. The van der Waals surface area contributed by atoms with Gasteiger partial charge < -0.3 is 14.5 Å². The highest BCUT2D eigenvalue weighted by atomic mass is 16.5. The summed E-state index contributed by atoms with van der Waals surface area (Å²) in [5, 5.41) is 9.33. The Labute approximate surface area is 203 Å². The molecule has 0 atom stereocenters. The molecule has 0 aliphatic carbocycles. The SMILES string of the molecule is Cc1cccc(-c2cnc3cc(-c4cnn(C5CCN(C(=O)N6CCOCC6)CC5)c4)cnn23)c1. The van der Waals surface area contributed by atoms with Gasteiger partial charge in [0.2, 0.25) is 0 Å². The summed E-state index contributed by atoms with van der Waals surface area (Å²) in [6, 6.07) is 10.8. The lowest BCUT2D eigenvalue weighted by Crippen LogP contribution is -2.50. The zero-order chi connectivity index (χ0) is 23.8. The van der Waals surface area contributed by atoms with Crippen molar-refractivity contribution in [1.82, 2.24) is 34.2 Å². The van der Waals surface area contributed by atoms with Crippen LogP contribution in [0.1, 0.15) is 24.4 Å². The number of piperidine rings is 1. The number of amides is 2. The van der Waals surface area contributed by atoms with Crippen molar-refractivity contribution in [1.29, 1.82) is 0 Å². The van der Waals surface area contributed by atoms with E-state index in [1.165, 1.54) is 5.56 Å². The van der Waals surface area contributed by atoms with E-state index < -0.39 is 0 Å². The van der Waals surface area contributed by atoms with Gasteiger partial charge in [0.1, 0.15) is 0 Å². The molecule has 0 saturated carbocycles. The number of hydrogen-bond acceptors (Lipinski definition) is 5. The number of hydrogen-bond donors (Lipinski definition) is 0. The molecule has 2 aliphatic heterocycles. The summed E-state index contributed by atoms with van der Waals surface area (Å²) in [7, 11) is 0. The zero-order valence-electron chi connectivity index (χ0n) is 19.9. The third kappa shape index (κ3) is 4.27. The number of carbonyl (C=O) groups is 1. The quantitative estimate of drug-likeness (QED) is 0.456. The Hall–Kier alpha value is -3.72. The molecular formula is C26H29N7O2. The van der Waals surface area contributed by atoms with E-state index in [9.17, 15) is 4.79 Å². The molecule has 35 heavy (non-hydrogen) atoms. The van der Waals surface area contributed by atoms with Crippen LogP contribution in [0.3, 0.4) is 0 Å². The fourth-order valence-corrected chi connectivity index (χ4v) is 5.00. The van der Waals surface area contributed by atoms with Crippen LogP contribution in [0.2, 0.25) is 0 Å². The number of fused-ring (bicyclic) bond motifs is 1. The molecule has 0 bridgehead atoms. The fraction of sp³-hybridized carbons (Fsp3) is 0.385. The molecule has 6 rings (SSSR count). The van der Waals surface area contributed by atoms with Crippen molar-refractivity contribution >= 4 is 11.7 Å². The number of ether oxygens (including phenoxy) is 1. The second kappa shape index (κ2) is 9.14. The minimum Gasteiger partial charge on any atom is -0.378 e. The predicted molar refractivity (Wildman–Crippen MR) is 132 cm³/mol. The molecule has 5 heterocycles. The molecule has 2 fully saturated rings. The highest BCUT2D eigenvalue weighted by molar-refractivity contribution is 5.74. The second-order valence-electron chi connectivity index (χ2n) is 9.34. The number of aryl methyl sites for hydroxylation is 1. The highest BCUT2D eigenvalue weighted by Gasteiger charge is 2.28. The Bertz CT molecular complexity index is 1350. The maximum absolute atomic E-state index is 12.8. The van der Waals surface area contributed by atoms with E-state index in [2.05, 4.69) is 58.6 Å². The van der Waals surface area contributed by atoms with Crippen LogP contribution in [0.15, 0.2) is 55.1 Å². The number of rotatable bonds is 3. The molecule has 0 unspecified atom stereocenters. The Kier molecular flexibility index (Phi) is 5.69. The van der Waals surface area contributed by atoms with E-state index in [1.54, 1.807) is 0 Å². The van der Waals surface area contributed by atoms with E-state index in [4.69, 9.17) is 4.74 Å². The minimum atomic E-state index is 0.136. The molecule has 2 amide bonds. The zero-order valence-corrected chi connectivity index (χ0v) is 19.9. The third-order valence-electron chi connectivity index (χ3n) is 7.00. The first-order valence-electron chi connectivity index (χ1n) is 12.2. The smallest absolute Gasteiger partial charge is 0.320 e. The second-order valence-corrected chi connectivity index (χ2v) is 9.34. The molecule has 0 N–H and O–H groups in total. The Morgan fingerprint density at radius 2 is 1.69 bits per heavy atom. The molecule has 9 nitrogen and oxygen atoms in total. The maximum atomic E-state index is 12.8. The van der Waals surface area contributed by atoms with Gasteiger partial charge in [-0.3, -0.25) is 4.68 Å². The van der Waals surface area contributed by atoms with Gasteiger partial charge in [0.05, 0.1) is 43.5 Å². The van der Waals surface area contributed by atoms with Crippen LogP contribution in [0, 0.1) is 6.92 Å². The lowest BCUT2D eigenvalue weighted by Gasteiger charge is -2.37. The maximum Gasteiger partial charge on any atom is 0.320 e. The van der Waals surface area contributed by atoms with Crippen molar-refractivity contribution in [3.8, 4) is 22.4 Å². The van der Waals surface area contributed by atoms with Crippen molar-refractivity contribution in [3.63, 3.8) is 0 Å². The summed E-state index contributed by atoms with van der Waals surface area (Å²) in [4.78, 5) is 21.2. The Balaban J connectivity index is 1.15. The number of benzene rings is 1. The van der Waals surface area contributed by atoms with Crippen LogP contribution < -0.4 is 0 Å². The summed E-state index contributed by atoms with van der Waals surface area (Å²) in [6.07, 6.45) is 9.52. The van der Waals surface area contributed by atoms with Crippen molar-refractivity contribution in [3.05, 3.63) is 60.7 Å². The van der Waals surface area contributed by atoms with E-state index in [0.717, 1.165) is 54.0 Å². The number of nitrogens with zero attached hydrogens (tertiary/aromatic N) is 7. The van der Waals surface area contributed by atoms with Gasteiger partial charge in [-0.25, -0.2) is 14.3 Å². The molecule has 2 saturated heterocycles. The Morgan fingerprint density at radius 3 is 2.49 bits per heavy atom. The van der Waals surface area contributed by atoms with Crippen molar-refractivity contribution in [2.75, 3.05) is 39.4 Å². The van der Waals surface area contributed by atoms with Crippen molar-refractivity contribution in [2.24, 2.45) is 0 Å². The van der Waals surface area contributed by atoms with Crippen LogP contribution >= 0.6 is 0 Å². The van der Waals surface area contributed by atoms with Gasteiger partial charge >= 0.3 is 6.03 Å². The van der Waals surface area contributed by atoms with Crippen molar-refractivity contribution in [2.45, 2.75) is 25.8 Å². The van der Waals surface area contributed by atoms with Crippen LogP contribution in [-0.2, 0) is 4.74 Å². The first-order chi connectivity index (χ1) is 17.2. The van der Waals surface area contributed by atoms with Gasteiger partial charge in [0.15, 0.2) is 5.65 Å². The van der Waals surface area contributed by atoms with Gasteiger partial charge in [-0.2, -0.15) is 10.2 Å². The van der Waals surface area contributed by atoms with Gasteiger partial charge in [0, 0.05) is 49.1 Å². The summed E-state index contributed by atoms with van der Waals surface area (Å²) in [5.74, 6) is 0. The summed E-state index contributed by atoms with van der Waals surface area (Å²) in [5.41, 5.74) is 6.10. The molecule has 0 spiro atoms. The molecule has 9 heteroatoms. The van der Waals surface area contributed by atoms with E-state index in [1.807, 2.05) is 37.6 Å². The molecule has 0 radical (unpaired) electrons. The first-order valence-corrected chi connectivity index (χ1v) is 12.2. The number of aromatic nitrogens is 5. The molecule has 2 aliphatic rings. The predicted octanol–water partition coefficient (Wildman–Crippen LogP) is 3.66. The van der Waals surface area contributed by atoms with Crippen LogP contribution in [-0.4, -0.2) is 79.6 Å². The molecular weight excluding hydrogens is 442 g/mol. The normalized spacial score (nSPS) is 17.3. The molecule has 4 aromatic rings. The van der Waals surface area contributed by atoms with Gasteiger partial charge in [-0.05, 0) is 31.9 Å². The standard InChI is InChI=1S/C26H29N7O2/c1-19-3-2-4-20(13-19)24-17-27-25-14-21(15-29-33(24)25)22-16-28-32(18-22)23-5-7-30(8-6-23)26(34)31-9-11-35-12-10-31/h2-4,13-18,23H,5-12H2,1H3. The fourth-order valence-electron chi connectivity index (χ4n) is 5.00. The van der Waals surface area contributed by atoms with Gasteiger partial charge in [-0.1, -0.05) is 23.8 Å². The highest BCUT2D eigenvalue weighted by Crippen LogP contribution is 2.27. The topological polar surface area (TPSA) is 80.8 Å². The monoisotopic (exact) mass is 471 g/mol. The number of urea groups is 1. The third-order valence-corrected chi connectivity index (χ3v) is 7.00. The van der Waals surface area contributed by atoms with Crippen LogP contribution in [0.5, 0.6) is 0 Å². The van der Waals surface area contributed by atoms with Crippen LogP contribution in [0.25, 0.3) is 28.0 Å². The number of imidazole rings is 1. The van der Waals surface area contributed by atoms with Crippen molar-refractivity contribution < 1.29 is 9.53 Å². The summed E-state index contributed by atoms with van der Waals surface area (Å²) in [6.45, 7) is 6.21. The minimum absolute atomic E-state index is 0.136. The molecule has 1 aromatic carbocycles. The summed E-state index contributed by atoms with van der Waals surface area (Å²) >= 11 is 0. The van der Waals surface area contributed by atoms with E-state index in [0.29, 0.717) is 26.3 Å². The largest absolute Gasteiger partial charge is 0.378 e. The van der Waals surface area contributed by atoms with Crippen LogP contribution in [0.4, 0.5) is 4.79 Å². The average molecular weight is 472 g/mol. The van der Waals surface area contributed by atoms with E-state index >= 15 is 0 Å². The summed E-state index contributed by atoms with van der Waals surface area (Å²) < 4.78 is 9.29. The molecule has 3 aromatic heterocycles. The average Bonchev–Trinajstić information content (AvgIpc) is 3.56. The number of likely N-dealkylation sites (tertiary alicyclic amines) is 1.